The lowest BCUT2D eigenvalue weighted by Crippen LogP contribution is -2.18. The lowest BCUT2D eigenvalue weighted by atomic mass is 9.81. The summed E-state index contributed by atoms with van der Waals surface area (Å²) in [6.07, 6.45) is 3.17. The maximum Gasteiger partial charge on any atom is 0.195 e. The van der Waals surface area contributed by atoms with Crippen molar-refractivity contribution in [1.29, 1.82) is 0 Å². The van der Waals surface area contributed by atoms with Gasteiger partial charge in [0.25, 0.3) is 0 Å². The number of rotatable bonds is 0. The van der Waals surface area contributed by atoms with E-state index in [2.05, 4.69) is 50.9 Å². The van der Waals surface area contributed by atoms with Crippen LogP contribution in [0.3, 0.4) is 0 Å². The quantitative estimate of drug-likeness (QED) is 0.373. The third-order valence-corrected chi connectivity index (χ3v) is 5.27. The van der Waals surface area contributed by atoms with Gasteiger partial charge in [-0.1, -0.05) is 52.0 Å². The lowest BCUT2D eigenvalue weighted by molar-refractivity contribution is 0.404. The average Bonchev–Trinajstić information content (AvgIpc) is 2.71. The molecule has 0 atom stereocenters. The number of pyridine rings is 1. The highest BCUT2D eigenvalue weighted by atomic mass is 14.7. The summed E-state index contributed by atoms with van der Waals surface area (Å²) in [6.45, 7) is 16.8. The minimum atomic E-state index is 0.0990. The van der Waals surface area contributed by atoms with Crippen LogP contribution in [-0.4, -0.2) is 4.98 Å². The molecule has 23 heavy (non-hydrogen) atoms. The molecule has 0 N–H and O–H groups in total. The van der Waals surface area contributed by atoms with Crippen LogP contribution in [0.2, 0.25) is 0 Å². The van der Waals surface area contributed by atoms with E-state index in [9.17, 15) is 0 Å². The minimum absolute atomic E-state index is 0.0990. The van der Waals surface area contributed by atoms with Crippen molar-refractivity contribution < 1.29 is 0 Å². The number of fused-ring (bicyclic) bond motifs is 5. The number of benzene rings is 2. The fourth-order valence-corrected chi connectivity index (χ4v) is 4.63. The van der Waals surface area contributed by atoms with Crippen molar-refractivity contribution in [3.05, 3.63) is 59.1 Å². The summed E-state index contributed by atoms with van der Waals surface area (Å²) >= 11 is 0. The van der Waals surface area contributed by atoms with E-state index in [0.29, 0.717) is 0 Å². The third kappa shape index (κ3) is 1.83. The summed E-state index contributed by atoms with van der Waals surface area (Å²) in [4.78, 5) is 8.60. The Bertz CT molecular complexity index is 1000. The van der Waals surface area contributed by atoms with Crippen LogP contribution in [0.4, 0.5) is 5.69 Å². The molecule has 0 bridgehead atoms. The zero-order chi connectivity index (χ0) is 16.4. The maximum atomic E-state index is 7.58. The van der Waals surface area contributed by atoms with E-state index < -0.39 is 0 Å². The van der Waals surface area contributed by atoms with Crippen LogP contribution in [0, 0.1) is 6.57 Å². The Kier molecular flexibility index (Phi) is 2.67. The van der Waals surface area contributed by atoms with Crippen molar-refractivity contribution in [2.75, 3.05) is 0 Å². The van der Waals surface area contributed by atoms with E-state index in [1.165, 1.54) is 11.1 Å². The van der Waals surface area contributed by atoms with Crippen LogP contribution in [0.1, 0.15) is 45.2 Å². The van der Waals surface area contributed by atoms with Crippen molar-refractivity contribution in [1.82, 2.24) is 4.98 Å². The summed E-state index contributed by atoms with van der Waals surface area (Å²) < 4.78 is 0. The van der Waals surface area contributed by atoms with Crippen LogP contribution in [0.15, 0.2) is 36.5 Å². The predicted molar refractivity (Wildman–Crippen MR) is 96.2 cm³/mol. The number of hydrogen-bond acceptors (Lipinski definition) is 1. The fourth-order valence-electron chi connectivity index (χ4n) is 4.63. The SMILES string of the molecule is [C-]#[N+]c1cc2c3c(cnc2c2ccccc12)C(C)(C)CC3(C)C. The first-order chi connectivity index (χ1) is 10.8. The predicted octanol–water partition coefficient (Wildman–Crippen LogP) is 5.90. The largest absolute Gasteiger partial charge is 0.255 e. The summed E-state index contributed by atoms with van der Waals surface area (Å²) in [5, 5.41) is 3.24. The van der Waals surface area contributed by atoms with Crippen molar-refractivity contribution in [2.45, 2.75) is 44.9 Å². The molecule has 0 radical (unpaired) electrons. The Morgan fingerprint density at radius 3 is 2.39 bits per heavy atom. The topological polar surface area (TPSA) is 17.2 Å². The molecule has 0 spiro atoms. The molecule has 0 aliphatic heterocycles. The standard InChI is InChI=1S/C21H20N2/c1-20(2)12-21(3,4)18-15-10-17(22-5)13-8-6-7-9-14(13)19(15)23-11-16(18)20/h6-11H,12H2,1-4H3. The van der Waals surface area contributed by atoms with Gasteiger partial charge in [-0.15, -0.1) is 0 Å². The van der Waals surface area contributed by atoms with E-state index in [4.69, 9.17) is 11.6 Å². The van der Waals surface area contributed by atoms with Crippen LogP contribution in [0.5, 0.6) is 0 Å². The first kappa shape index (κ1) is 14.2. The van der Waals surface area contributed by atoms with Gasteiger partial charge in [-0.2, -0.15) is 0 Å². The zero-order valence-corrected chi connectivity index (χ0v) is 14.1. The van der Waals surface area contributed by atoms with Gasteiger partial charge in [0.15, 0.2) is 5.69 Å². The molecule has 0 unspecified atom stereocenters. The molecule has 2 aromatic carbocycles. The molecule has 0 saturated carbocycles. The van der Waals surface area contributed by atoms with E-state index in [1.54, 1.807) is 0 Å². The molecule has 2 nitrogen and oxygen atoms in total. The first-order valence-electron chi connectivity index (χ1n) is 8.08. The van der Waals surface area contributed by atoms with E-state index in [0.717, 1.165) is 33.8 Å². The second-order valence-corrected chi connectivity index (χ2v) is 7.94. The monoisotopic (exact) mass is 300 g/mol. The van der Waals surface area contributed by atoms with Crippen LogP contribution in [-0.2, 0) is 10.8 Å². The molecular weight excluding hydrogens is 280 g/mol. The number of aromatic nitrogens is 1. The molecule has 1 heterocycles. The van der Waals surface area contributed by atoms with Crippen molar-refractivity contribution in [3.8, 4) is 0 Å². The molecule has 0 amide bonds. The molecule has 1 aliphatic carbocycles. The van der Waals surface area contributed by atoms with E-state index in [1.807, 2.05) is 18.2 Å². The smallest absolute Gasteiger partial charge is 0.195 e. The summed E-state index contributed by atoms with van der Waals surface area (Å²) in [5.41, 5.74) is 4.69. The molecular formula is C21H20N2. The molecule has 1 aliphatic rings. The van der Waals surface area contributed by atoms with E-state index >= 15 is 0 Å². The highest BCUT2D eigenvalue weighted by Crippen LogP contribution is 2.52. The summed E-state index contributed by atoms with van der Waals surface area (Å²) in [7, 11) is 0. The minimum Gasteiger partial charge on any atom is -0.255 e. The Morgan fingerprint density at radius 1 is 1.00 bits per heavy atom. The normalized spacial score (nSPS) is 18.0. The van der Waals surface area contributed by atoms with E-state index in [-0.39, 0.29) is 10.8 Å². The fraction of sp³-hybridized carbons (Fsp3) is 0.333. The maximum absolute atomic E-state index is 7.58. The summed E-state index contributed by atoms with van der Waals surface area (Å²) in [5.74, 6) is 0. The van der Waals surface area contributed by atoms with Crippen molar-refractivity contribution in [3.63, 3.8) is 0 Å². The van der Waals surface area contributed by atoms with Crippen LogP contribution in [0.25, 0.3) is 26.5 Å². The van der Waals surface area contributed by atoms with Gasteiger partial charge in [0.05, 0.1) is 12.1 Å². The highest BCUT2D eigenvalue weighted by molar-refractivity contribution is 6.12. The third-order valence-electron chi connectivity index (χ3n) is 5.27. The van der Waals surface area contributed by atoms with Gasteiger partial charge < -0.3 is 0 Å². The Labute approximate surface area is 137 Å². The molecule has 0 saturated heterocycles. The number of hydrogen-bond donors (Lipinski definition) is 0. The van der Waals surface area contributed by atoms with Gasteiger partial charge in [-0.3, -0.25) is 4.98 Å². The molecule has 1 aromatic heterocycles. The van der Waals surface area contributed by atoms with Crippen molar-refractivity contribution >= 4 is 27.4 Å². The second kappa shape index (κ2) is 4.32. The average molecular weight is 300 g/mol. The first-order valence-corrected chi connectivity index (χ1v) is 8.08. The van der Waals surface area contributed by atoms with Gasteiger partial charge in [0.1, 0.15) is 0 Å². The Balaban J connectivity index is 2.25. The molecule has 4 rings (SSSR count). The Morgan fingerprint density at radius 2 is 1.70 bits per heavy atom. The zero-order valence-electron chi connectivity index (χ0n) is 14.1. The van der Waals surface area contributed by atoms with Gasteiger partial charge in [-0.05, 0) is 50.6 Å². The second-order valence-electron chi connectivity index (χ2n) is 7.94. The van der Waals surface area contributed by atoms with Crippen molar-refractivity contribution in [2.24, 2.45) is 0 Å². The van der Waals surface area contributed by atoms with Crippen LogP contribution < -0.4 is 0 Å². The Hall–Kier alpha value is -2.40. The molecule has 0 fully saturated rings. The molecule has 2 heteroatoms. The van der Waals surface area contributed by atoms with Gasteiger partial charge in [0, 0.05) is 6.20 Å². The lowest BCUT2D eigenvalue weighted by Gasteiger charge is -2.23. The molecule has 3 aromatic rings. The summed E-state index contributed by atoms with van der Waals surface area (Å²) in [6, 6.07) is 10.2. The highest BCUT2D eigenvalue weighted by Gasteiger charge is 2.43. The number of nitrogens with zero attached hydrogens (tertiary/aromatic N) is 2. The molecule has 114 valence electrons. The van der Waals surface area contributed by atoms with Gasteiger partial charge in [0.2, 0.25) is 0 Å². The van der Waals surface area contributed by atoms with Crippen LogP contribution >= 0.6 is 0 Å². The van der Waals surface area contributed by atoms with Gasteiger partial charge in [-0.25, -0.2) is 4.85 Å². The van der Waals surface area contributed by atoms with Gasteiger partial charge >= 0.3 is 0 Å².